The van der Waals surface area contributed by atoms with Crippen LogP contribution < -0.4 is 10.2 Å². The molecule has 1 aromatic carbocycles. The Labute approximate surface area is 147 Å². The lowest BCUT2D eigenvalue weighted by Gasteiger charge is -2.25. The summed E-state index contributed by atoms with van der Waals surface area (Å²) in [7, 11) is 0. The van der Waals surface area contributed by atoms with Crippen molar-refractivity contribution in [2.75, 3.05) is 4.90 Å². The van der Waals surface area contributed by atoms with Crippen LogP contribution in [0.15, 0.2) is 28.8 Å². The Kier molecular flexibility index (Phi) is 4.19. The molecule has 1 N–H and O–H groups in total. The topological polar surface area (TPSA) is 71.3 Å². The zero-order valence-electron chi connectivity index (χ0n) is 14.7. The van der Waals surface area contributed by atoms with Crippen molar-refractivity contribution in [3.05, 3.63) is 41.5 Å². The molecule has 2 aromatic rings. The number of nitrogens with one attached hydrogen (secondary N) is 1. The van der Waals surface area contributed by atoms with E-state index in [2.05, 4.69) is 21.5 Å². The van der Waals surface area contributed by atoms with Gasteiger partial charge in [0.2, 0.25) is 5.89 Å². The second kappa shape index (κ2) is 6.50. The fraction of sp³-hybridized carbons (Fsp3) is 0.526. The molecule has 1 saturated carbocycles. The Bertz CT molecular complexity index is 764. The summed E-state index contributed by atoms with van der Waals surface area (Å²) < 4.78 is 5.51. The summed E-state index contributed by atoms with van der Waals surface area (Å²) >= 11 is 0. The van der Waals surface area contributed by atoms with Crippen molar-refractivity contribution < 1.29 is 9.32 Å². The average molecular weight is 340 g/mol. The molecule has 132 valence electrons. The number of fused-ring (bicyclic) bond motifs is 1. The molecule has 6 nitrogen and oxygen atoms in total. The van der Waals surface area contributed by atoms with E-state index in [-0.39, 0.29) is 24.0 Å². The number of aromatic nitrogens is 2. The van der Waals surface area contributed by atoms with Crippen LogP contribution in [0.3, 0.4) is 0 Å². The van der Waals surface area contributed by atoms with E-state index in [1.54, 1.807) is 4.90 Å². The molecule has 2 aliphatic rings. The molecule has 0 radical (unpaired) electrons. The normalized spacial score (nSPS) is 20.3. The first-order valence-corrected chi connectivity index (χ1v) is 9.14. The fourth-order valence-corrected chi connectivity index (χ4v) is 3.77. The minimum absolute atomic E-state index is 0.0638. The Morgan fingerprint density at radius 1 is 1.28 bits per heavy atom. The van der Waals surface area contributed by atoms with Crippen molar-refractivity contribution in [1.82, 2.24) is 15.5 Å². The predicted octanol–water partition coefficient (Wildman–Crippen LogP) is 3.95. The molecule has 4 rings (SSSR count). The molecule has 0 bridgehead atoms. The van der Waals surface area contributed by atoms with Crippen molar-refractivity contribution in [2.24, 2.45) is 0 Å². The van der Waals surface area contributed by atoms with Crippen molar-refractivity contribution in [2.45, 2.75) is 64.0 Å². The molecule has 1 aliphatic carbocycles. The molecule has 0 spiro atoms. The second-order valence-corrected chi connectivity index (χ2v) is 7.30. The largest absolute Gasteiger partial charge is 0.337 e. The Morgan fingerprint density at radius 3 is 2.76 bits per heavy atom. The van der Waals surface area contributed by atoms with Crippen LogP contribution >= 0.6 is 0 Å². The molecule has 25 heavy (non-hydrogen) atoms. The Hall–Kier alpha value is -2.37. The van der Waals surface area contributed by atoms with Gasteiger partial charge in [0.05, 0.1) is 0 Å². The van der Waals surface area contributed by atoms with E-state index >= 15 is 0 Å². The van der Waals surface area contributed by atoms with Gasteiger partial charge in [0, 0.05) is 24.1 Å². The summed E-state index contributed by atoms with van der Waals surface area (Å²) in [5.74, 6) is 1.39. The molecule has 6 heteroatoms. The van der Waals surface area contributed by atoms with E-state index < -0.39 is 0 Å². The van der Waals surface area contributed by atoms with Gasteiger partial charge in [0.25, 0.3) is 0 Å². The number of anilines is 1. The molecule has 1 atom stereocenters. The number of carbonyl (C=O) groups is 1. The second-order valence-electron chi connectivity index (χ2n) is 7.30. The highest BCUT2D eigenvalue weighted by Crippen LogP contribution is 2.40. The molecule has 1 aliphatic heterocycles. The average Bonchev–Trinajstić information content (AvgIpc) is 3.33. The third-order valence-electron chi connectivity index (χ3n) is 5.14. The summed E-state index contributed by atoms with van der Waals surface area (Å²) in [5, 5.41) is 7.26. The molecule has 2 heterocycles. The first kappa shape index (κ1) is 16.1. The van der Waals surface area contributed by atoms with Crippen molar-refractivity contribution in [3.8, 4) is 0 Å². The van der Waals surface area contributed by atoms with E-state index in [0.717, 1.165) is 24.1 Å². The summed E-state index contributed by atoms with van der Waals surface area (Å²) in [6.45, 7) is 4.06. The lowest BCUT2D eigenvalue weighted by atomic mass is 10.1. The van der Waals surface area contributed by atoms with Gasteiger partial charge < -0.3 is 9.84 Å². The van der Waals surface area contributed by atoms with E-state index in [4.69, 9.17) is 4.52 Å². The predicted molar refractivity (Wildman–Crippen MR) is 94.5 cm³/mol. The van der Waals surface area contributed by atoms with Crippen molar-refractivity contribution in [3.63, 3.8) is 0 Å². The van der Waals surface area contributed by atoms with Crippen LogP contribution in [0.5, 0.6) is 0 Å². The number of hydrogen-bond donors (Lipinski definition) is 1. The molecule has 0 saturated heterocycles. The van der Waals surface area contributed by atoms with Crippen LogP contribution in [0, 0.1) is 0 Å². The van der Waals surface area contributed by atoms with Crippen molar-refractivity contribution in [1.29, 1.82) is 0 Å². The third kappa shape index (κ3) is 3.01. The van der Waals surface area contributed by atoms with E-state index in [1.165, 1.54) is 12.8 Å². The maximum atomic E-state index is 13.0. The third-order valence-corrected chi connectivity index (χ3v) is 5.14. The first-order valence-electron chi connectivity index (χ1n) is 9.14. The van der Waals surface area contributed by atoms with E-state index in [1.807, 2.05) is 32.0 Å². The van der Waals surface area contributed by atoms with Crippen LogP contribution in [-0.4, -0.2) is 22.2 Å². The molecule has 1 unspecified atom stereocenters. The maximum Gasteiger partial charge on any atom is 0.322 e. The smallest absolute Gasteiger partial charge is 0.322 e. The molecule has 1 aromatic heterocycles. The number of nitrogens with zero attached hydrogens (tertiary/aromatic N) is 3. The summed E-state index contributed by atoms with van der Waals surface area (Å²) in [5.41, 5.74) is 2.07. The van der Waals surface area contributed by atoms with Gasteiger partial charge >= 0.3 is 6.03 Å². The zero-order chi connectivity index (χ0) is 17.4. The highest BCUT2D eigenvalue weighted by molar-refractivity contribution is 5.95. The maximum absolute atomic E-state index is 13.0. The first-order chi connectivity index (χ1) is 12.1. The molecular formula is C19H24N4O2. The molecular weight excluding hydrogens is 316 g/mol. The minimum atomic E-state index is -0.237. The molecule has 2 amide bonds. The van der Waals surface area contributed by atoms with Gasteiger partial charge in [-0.2, -0.15) is 4.98 Å². The van der Waals surface area contributed by atoms with E-state index in [9.17, 15) is 4.79 Å². The summed E-state index contributed by atoms with van der Waals surface area (Å²) in [6, 6.07) is 7.99. The van der Waals surface area contributed by atoms with Gasteiger partial charge in [-0.1, -0.05) is 50.0 Å². The number of urea groups is 1. The summed E-state index contributed by atoms with van der Waals surface area (Å²) in [4.78, 5) is 19.4. The highest BCUT2D eigenvalue weighted by atomic mass is 16.5. The Balaban J connectivity index is 1.64. The monoisotopic (exact) mass is 340 g/mol. The van der Waals surface area contributed by atoms with Gasteiger partial charge in [-0.3, -0.25) is 4.90 Å². The van der Waals surface area contributed by atoms with Gasteiger partial charge in [-0.25, -0.2) is 4.79 Å². The number of para-hydroxylation sites is 1. The Morgan fingerprint density at radius 2 is 2.04 bits per heavy atom. The van der Waals surface area contributed by atoms with Crippen LogP contribution in [0.1, 0.15) is 68.8 Å². The number of amides is 2. The van der Waals surface area contributed by atoms with Gasteiger partial charge in [-0.05, 0) is 24.5 Å². The lowest BCUT2D eigenvalue weighted by molar-refractivity contribution is 0.238. The van der Waals surface area contributed by atoms with Gasteiger partial charge in [-0.15, -0.1) is 0 Å². The van der Waals surface area contributed by atoms with Crippen LogP contribution in [-0.2, 0) is 6.42 Å². The van der Waals surface area contributed by atoms with Gasteiger partial charge in [0.15, 0.2) is 5.82 Å². The standard InChI is InChI=1S/C19H24N4O2/c1-12(2)17-21-18(25-22-17)16-11-13-7-3-6-10-15(13)23(16)19(24)20-14-8-4-5-9-14/h3,6-7,10,12,14,16H,4-5,8-9,11H2,1-2H3,(H,20,24). The van der Waals surface area contributed by atoms with Crippen LogP contribution in [0.4, 0.5) is 10.5 Å². The van der Waals surface area contributed by atoms with Crippen LogP contribution in [0.25, 0.3) is 0 Å². The summed E-state index contributed by atoms with van der Waals surface area (Å²) in [6.07, 6.45) is 5.20. The van der Waals surface area contributed by atoms with Crippen LogP contribution in [0.2, 0.25) is 0 Å². The number of benzene rings is 1. The number of rotatable bonds is 3. The van der Waals surface area contributed by atoms with E-state index in [0.29, 0.717) is 18.1 Å². The highest BCUT2D eigenvalue weighted by Gasteiger charge is 2.39. The zero-order valence-corrected chi connectivity index (χ0v) is 14.7. The molecule has 1 fully saturated rings. The minimum Gasteiger partial charge on any atom is -0.337 e. The fourth-order valence-electron chi connectivity index (χ4n) is 3.77. The number of carbonyl (C=O) groups excluding carboxylic acids is 1. The SMILES string of the molecule is CC(C)c1noc(C2Cc3ccccc3N2C(=O)NC2CCCC2)n1. The quantitative estimate of drug-likeness (QED) is 0.918. The number of hydrogen-bond acceptors (Lipinski definition) is 4. The van der Waals surface area contributed by atoms with Crippen molar-refractivity contribution >= 4 is 11.7 Å². The lowest BCUT2D eigenvalue weighted by Crippen LogP contribution is -2.44. The van der Waals surface area contributed by atoms with Gasteiger partial charge in [0.1, 0.15) is 6.04 Å².